The molecule has 0 unspecified atom stereocenters. The van der Waals surface area contributed by atoms with E-state index >= 15 is 0 Å². The predicted octanol–water partition coefficient (Wildman–Crippen LogP) is 3.14. The Morgan fingerprint density at radius 2 is 2.05 bits per heavy atom. The Morgan fingerprint density at radius 3 is 2.65 bits per heavy atom. The zero-order valence-electron chi connectivity index (χ0n) is 11.5. The molecule has 1 aliphatic rings. The largest absolute Gasteiger partial charge is 0.479 e. The normalized spacial score (nSPS) is 13.3. The number of ether oxygens (including phenoxy) is 1. The Kier molecular flexibility index (Phi) is 6.71. The van der Waals surface area contributed by atoms with Crippen molar-refractivity contribution in [3.05, 3.63) is 60.3 Å². The standard InChI is InChI=1S/C16H15N2O.Y/c1-3-18-13(2)5-4-6-16(18)14-7-9-15(10-8-14)19-12-11-17;/h4-5,7-10H,2-3,12H2,1H3;/q-1;. The fourth-order valence-corrected chi connectivity index (χ4v) is 1.95. The van der Waals surface area contributed by atoms with Crippen molar-refractivity contribution in [2.45, 2.75) is 6.92 Å². The smallest absolute Gasteiger partial charge is 0.174 e. The number of hydrogen-bond acceptors (Lipinski definition) is 3. The van der Waals surface area contributed by atoms with Gasteiger partial charge in [-0.25, -0.2) is 0 Å². The van der Waals surface area contributed by atoms with Crippen LogP contribution >= 0.6 is 0 Å². The van der Waals surface area contributed by atoms with Crippen molar-refractivity contribution in [3.63, 3.8) is 0 Å². The Labute approximate surface area is 145 Å². The first kappa shape index (κ1) is 16.7. The van der Waals surface area contributed by atoms with E-state index in [1.54, 1.807) is 0 Å². The fourth-order valence-electron chi connectivity index (χ4n) is 1.95. The third kappa shape index (κ3) is 3.82. The van der Waals surface area contributed by atoms with Crippen LogP contribution in [0.5, 0.6) is 5.75 Å². The average Bonchev–Trinajstić information content (AvgIpc) is 2.45. The summed E-state index contributed by atoms with van der Waals surface area (Å²) < 4.78 is 5.24. The molecule has 20 heavy (non-hydrogen) atoms. The molecule has 4 heteroatoms. The molecule has 1 radical (unpaired) electrons. The van der Waals surface area contributed by atoms with E-state index in [1.807, 2.05) is 42.5 Å². The first-order chi connectivity index (χ1) is 9.26. The monoisotopic (exact) mass is 340 g/mol. The van der Waals surface area contributed by atoms with E-state index in [0.717, 1.165) is 23.5 Å². The second-order valence-corrected chi connectivity index (χ2v) is 4.03. The van der Waals surface area contributed by atoms with Gasteiger partial charge in [0.05, 0.1) is 0 Å². The first-order valence-corrected chi connectivity index (χ1v) is 6.13. The maximum absolute atomic E-state index is 8.47. The minimum atomic E-state index is 0. The maximum Gasteiger partial charge on any atom is 0.174 e. The quantitative estimate of drug-likeness (QED) is 0.790. The van der Waals surface area contributed by atoms with Gasteiger partial charge in [0.2, 0.25) is 0 Å². The Hall–Kier alpha value is -1.37. The summed E-state index contributed by atoms with van der Waals surface area (Å²) in [5.74, 6) is 0.694. The number of benzene rings is 1. The van der Waals surface area contributed by atoms with Crippen molar-refractivity contribution in [1.29, 1.82) is 5.26 Å². The van der Waals surface area contributed by atoms with Crippen molar-refractivity contribution in [1.82, 2.24) is 4.90 Å². The minimum absolute atomic E-state index is 0. The van der Waals surface area contributed by atoms with Gasteiger partial charge >= 0.3 is 0 Å². The van der Waals surface area contributed by atoms with E-state index < -0.39 is 0 Å². The zero-order chi connectivity index (χ0) is 13.7. The van der Waals surface area contributed by atoms with Gasteiger partial charge in [0, 0.05) is 39.3 Å². The Balaban J connectivity index is 0.00000200. The van der Waals surface area contributed by atoms with Crippen molar-refractivity contribution in [2.75, 3.05) is 13.2 Å². The minimum Gasteiger partial charge on any atom is -0.479 e. The number of likely N-dealkylation sites (N-methyl/N-ethyl adjacent to an activating group) is 1. The molecular weight excluding hydrogens is 325 g/mol. The summed E-state index contributed by atoms with van der Waals surface area (Å²) in [5.41, 5.74) is 3.01. The molecule has 0 N–H and O–H groups in total. The van der Waals surface area contributed by atoms with Crippen molar-refractivity contribution >= 4 is 5.70 Å². The molecule has 0 atom stereocenters. The van der Waals surface area contributed by atoms with Gasteiger partial charge in [-0.1, -0.05) is 17.8 Å². The second kappa shape index (κ2) is 8.04. The van der Waals surface area contributed by atoms with E-state index in [2.05, 4.69) is 24.5 Å². The van der Waals surface area contributed by atoms with Crippen LogP contribution in [0.25, 0.3) is 5.70 Å². The van der Waals surface area contributed by atoms with Crippen molar-refractivity contribution < 1.29 is 37.4 Å². The van der Waals surface area contributed by atoms with E-state index in [0.29, 0.717) is 5.75 Å². The summed E-state index contributed by atoms with van der Waals surface area (Å²) >= 11 is 0. The Bertz CT molecular complexity index is 567. The summed E-state index contributed by atoms with van der Waals surface area (Å²) in [6.07, 6.45) is 7.06. The van der Waals surface area contributed by atoms with Crippen molar-refractivity contribution in [2.24, 2.45) is 0 Å². The third-order valence-corrected chi connectivity index (χ3v) is 2.86. The second-order valence-electron chi connectivity index (χ2n) is 4.03. The number of hydrogen-bond donors (Lipinski definition) is 0. The van der Waals surface area contributed by atoms with Crippen LogP contribution in [-0.4, -0.2) is 18.1 Å². The zero-order valence-corrected chi connectivity index (χ0v) is 14.3. The molecule has 0 saturated heterocycles. The van der Waals surface area contributed by atoms with Crippen LogP contribution < -0.4 is 4.74 Å². The van der Waals surface area contributed by atoms with Crippen LogP contribution in [0.1, 0.15) is 12.5 Å². The van der Waals surface area contributed by atoms with Crippen LogP contribution in [0.3, 0.4) is 0 Å². The molecule has 0 fully saturated rings. The van der Waals surface area contributed by atoms with E-state index in [1.165, 1.54) is 0 Å². The van der Waals surface area contributed by atoms with E-state index in [9.17, 15) is 0 Å². The number of nitrogens with zero attached hydrogens (tertiary/aromatic N) is 2. The van der Waals surface area contributed by atoms with Gasteiger partial charge in [-0.15, -0.1) is 18.2 Å². The molecule has 99 valence electrons. The summed E-state index contributed by atoms with van der Waals surface area (Å²) in [4.78, 5) is 2.10. The van der Waals surface area contributed by atoms with E-state index in [-0.39, 0.29) is 39.3 Å². The molecule has 0 saturated carbocycles. The van der Waals surface area contributed by atoms with Gasteiger partial charge in [0.1, 0.15) is 11.8 Å². The molecule has 1 heterocycles. The molecule has 0 spiro atoms. The third-order valence-electron chi connectivity index (χ3n) is 2.86. The molecule has 1 aromatic rings. The van der Waals surface area contributed by atoms with Gasteiger partial charge in [0.15, 0.2) is 6.61 Å². The van der Waals surface area contributed by atoms with Crippen molar-refractivity contribution in [3.8, 4) is 11.8 Å². The topological polar surface area (TPSA) is 36.3 Å². The van der Waals surface area contributed by atoms with Crippen LogP contribution in [0.4, 0.5) is 0 Å². The number of rotatable bonds is 4. The van der Waals surface area contributed by atoms with Crippen LogP contribution in [0.15, 0.2) is 48.7 Å². The first-order valence-electron chi connectivity index (χ1n) is 6.13. The van der Waals surface area contributed by atoms with Gasteiger partial charge in [-0.05, 0) is 24.8 Å². The number of allylic oxidation sites excluding steroid dienone is 3. The van der Waals surface area contributed by atoms with Gasteiger partial charge in [-0.2, -0.15) is 17.4 Å². The average molecular weight is 340 g/mol. The summed E-state index contributed by atoms with van der Waals surface area (Å²) in [7, 11) is 0. The Morgan fingerprint density at radius 1 is 1.35 bits per heavy atom. The maximum atomic E-state index is 8.47. The molecule has 0 amide bonds. The van der Waals surface area contributed by atoms with Crippen LogP contribution in [0.2, 0.25) is 0 Å². The molecule has 0 aliphatic carbocycles. The molecule has 1 aliphatic heterocycles. The van der Waals surface area contributed by atoms with Crippen LogP contribution in [-0.2, 0) is 32.7 Å². The molecule has 0 bridgehead atoms. The van der Waals surface area contributed by atoms with Gasteiger partial charge in [0.25, 0.3) is 0 Å². The summed E-state index contributed by atoms with van der Waals surface area (Å²) in [6.45, 7) is 7.01. The SMILES string of the molecule is C=C1C=C[C-]=C(c2ccc(OCC#N)cc2)N1CC.[Y]. The molecule has 2 rings (SSSR count). The summed E-state index contributed by atoms with van der Waals surface area (Å²) in [5, 5.41) is 8.47. The molecule has 0 aromatic heterocycles. The number of nitriles is 1. The molecule has 3 nitrogen and oxygen atoms in total. The predicted molar refractivity (Wildman–Crippen MR) is 74.9 cm³/mol. The summed E-state index contributed by atoms with van der Waals surface area (Å²) in [6, 6.07) is 9.59. The molecular formula is C16H15N2OY-. The fraction of sp³-hybridized carbons (Fsp3) is 0.188. The van der Waals surface area contributed by atoms with Crippen LogP contribution in [0, 0.1) is 17.4 Å². The molecule has 1 aromatic carbocycles. The van der Waals surface area contributed by atoms with Gasteiger partial charge < -0.3 is 9.64 Å². The van der Waals surface area contributed by atoms with Gasteiger partial charge in [-0.3, -0.25) is 0 Å². The van der Waals surface area contributed by atoms with E-state index in [4.69, 9.17) is 10.00 Å².